The Morgan fingerprint density at radius 1 is 1.19 bits per heavy atom. The second-order valence-electron chi connectivity index (χ2n) is 7.31. The molecule has 0 radical (unpaired) electrons. The summed E-state index contributed by atoms with van der Waals surface area (Å²) in [4.78, 5) is 0. The summed E-state index contributed by atoms with van der Waals surface area (Å²) in [5.74, 6) is 1.02. The standard InChI is InChI=1S/C18H26O3/c1-17(2,3)15-6-4-5-7-16(15)21-14-8-10-20-18(12-14)9-11-19-13-18/h4-7,14H,8-13H2,1-3H3. The first-order valence-corrected chi connectivity index (χ1v) is 7.96. The van der Waals surface area contributed by atoms with E-state index in [2.05, 4.69) is 45.0 Å². The zero-order valence-electron chi connectivity index (χ0n) is 13.4. The highest BCUT2D eigenvalue weighted by atomic mass is 16.6. The van der Waals surface area contributed by atoms with Gasteiger partial charge in [-0.2, -0.15) is 0 Å². The molecule has 0 bridgehead atoms. The van der Waals surface area contributed by atoms with Gasteiger partial charge >= 0.3 is 0 Å². The molecule has 0 N–H and O–H groups in total. The number of rotatable bonds is 2. The van der Waals surface area contributed by atoms with Crippen LogP contribution >= 0.6 is 0 Å². The fraction of sp³-hybridized carbons (Fsp3) is 0.667. The molecule has 0 aromatic heterocycles. The van der Waals surface area contributed by atoms with Crippen LogP contribution in [0.2, 0.25) is 0 Å². The molecule has 0 amide bonds. The molecule has 3 rings (SSSR count). The molecule has 2 aliphatic heterocycles. The lowest BCUT2D eigenvalue weighted by Crippen LogP contribution is -2.44. The van der Waals surface area contributed by atoms with Crippen molar-refractivity contribution < 1.29 is 14.2 Å². The van der Waals surface area contributed by atoms with Gasteiger partial charge in [0, 0.05) is 25.9 Å². The number of benzene rings is 1. The average molecular weight is 290 g/mol. The van der Waals surface area contributed by atoms with Crippen molar-refractivity contribution in [1.82, 2.24) is 0 Å². The minimum absolute atomic E-state index is 0.0932. The molecular weight excluding hydrogens is 264 g/mol. The zero-order valence-corrected chi connectivity index (χ0v) is 13.4. The fourth-order valence-electron chi connectivity index (χ4n) is 3.32. The van der Waals surface area contributed by atoms with Crippen LogP contribution in [0.25, 0.3) is 0 Å². The maximum atomic E-state index is 6.36. The SMILES string of the molecule is CC(C)(C)c1ccccc1OC1CCOC2(CCOC2)C1. The summed E-state index contributed by atoms with van der Waals surface area (Å²) in [6, 6.07) is 8.40. The Morgan fingerprint density at radius 3 is 2.71 bits per heavy atom. The van der Waals surface area contributed by atoms with Gasteiger partial charge < -0.3 is 14.2 Å². The van der Waals surface area contributed by atoms with Crippen LogP contribution in [0.5, 0.6) is 5.75 Å². The Balaban J connectivity index is 1.75. The molecule has 116 valence electrons. The van der Waals surface area contributed by atoms with Gasteiger partial charge in [-0.15, -0.1) is 0 Å². The third-order valence-electron chi connectivity index (χ3n) is 4.50. The van der Waals surface area contributed by atoms with Gasteiger partial charge in [-0.3, -0.25) is 0 Å². The maximum Gasteiger partial charge on any atom is 0.123 e. The minimum atomic E-state index is -0.0976. The van der Waals surface area contributed by atoms with Crippen molar-refractivity contribution in [1.29, 1.82) is 0 Å². The third kappa shape index (κ3) is 3.24. The van der Waals surface area contributed by atoms with E-state index in [0.717, 1.165) is 38.2 Å². The summed E-state index contributed by atoms with van der Waals surface area (Å²) < 4.78 is 17.9. The predicted molar refractivity (Wildman–Crippen MR) is 82.9 cm³/mol. The first-order valence-electron chi connectivity index (χ1n) is 7.96. The Labute approximate surface area is 127 Å². The van der Waals surface area contributed by atoms with Crippen molar-refractivity contribution in [3.05, 3.63) is 29.8 Å². The van der Waals surface area contributed by atoms with Crippen LogP contribution in [-0.4, -0.2) is 31.5 Å². The minimum Gasteiger partial charge on any atom is -0.490 e. The number of hydrogen-bond acceptors (Lipinski definition) is 3. The van der Waals surface area contributed by atoms with Gasteiger partial charge in [-0.1, -0.05) is 39.0 Å². The van der Waals surface area contributed by atoms with E-state index in [-0.39, 0.29) is 17.1 Å². The summed E-state index contributed by atoms with van der Waals surface area (Å²) in [7, 11) is 0. The van der Waals surface area contributed by atoms with Crippen LogP contribution in [0.4, 0.5) is 0 Å². The Bertz CT molecular complexity index is 483. The molecule has 0 saturated carbocycles. The maximum absolute atomic E-state index is 6.36. The van der Waals surface area contributed by atoms with Crippen molar-refractivity contribution in [3.63, 3.8) is 0 Å². The van der Waals surface area contributed by atoms with Crippen LogP contribution in [0.1, 0.15) is 45.6 Å². The summed E-state index contributed by atoms with van der Waals surface area (Å²) in [5.41, 5.74) is 1.27. The number of ether oxygens (including phenoxy) is 3. The molecule has 2 aliphatic rings. The monoisotopic (exact) mass is 290 g/mol. The van der Waals surface area contributed by atoms with E-state index in [9.17, 15) is 0 Å². The lowest BCUT2D eigenvalue weighted by molar-refractivity contribution is -0.112. The largest absolute Gasteiger partial charge is 0.490 e. The van der Waals surface area contributed by atoms with Crippen molar-refractivity contribution in [2.24, 2.45) is 0 Å². The molecule has 21 heavy (non-hydrogen) atoms. The normalized spacial score (nSPS) is 29.8. The first-order chi connectivity index (χ1) is 9.99. The van der Waals surface area contributed by atoms with E-state index in [1.165, 1.54) is 5.56 Å². The summed E-state index contributed by atoms with van der Waals surface area (Å²) >= 11 is 0. The summed E-state index contributed by atoms with van der Waals surface area (Å²) in [6.07, 6.45) is 3.11. The van der Waals surface area contributed by atoms with Crippen molar-refractivity contribution >= 4 is 0 Å². The molecule has 1 aromatic carbocycles. The van der Waals surface area contributed by atoms with Crippen LogP contribution < -0.4 is 4.74 Å². The van der Waals surface area contributed by atoms with Crippen molar-refractivity contribution in [2.45, 2.75) is 57.2 Å². The van der Waals surface area contributed by atoms with Gasteiger partial charge in [0.1, 0.15) is 11.9 Å². The van der Waals surface area contributed by atoms with Gasteiger partial charge in [0.15, 0.2) is 0 Å². The molecule has 2 heterocycles. The predicted octanol–water partition coefficient (Wildman–Crippen LogP) is 3.70. The molecule has 3 nitrogen and oxygen atoms in total. The highest BCUT2D eigenvalue weighted by Crippen LogP contribution is 2.37. The van der Waals surface area contributed by atoms with E-state index in [0.29, 0.717) is 6.61 Å². The lowest BCUT2D eigenvalue weighted by Gasteiger charge is -2.37. The second-order valence-corrected chi connectivity index (χ2v) is 7.31. The molecule has 2 fully saturated rings. The van der Waals surface area contributed by atoms with Crippen LogP contribution in [0, 0.1) is 0 Å². The quantitative estimate of drug-likeness (QED) is 0.831. The van der Waals surface area contributed by atoms with E-state index >= 15 is 0 Å². The smallest absolute Gasteiger partial charge is 0.123 e. The number of hydrogen-bond donors (Lipinski definition) is 0. The fourth-order valence-corrected chi connectivity index (χ4v) is 3.32. The molecule has 1 spiro atoms. The molecule has 1 aromatic rings. The second kappa shape index (κ2) is 5.62. The highest BCUT2D eigenvalue weighted by molar-refractivity contribution is 5.38. The van der Waals surface area contributed by atoms with Crippen molar-refractivity contribution in [3.8, 4) is 5.75 Å². The Morgan fingerprint density at radius 2 is 2.00 bits per heavy atom. The first kappa shape index (κ1) is 14.9. The van der Waals surface area contributed by atoms with Gasteiger partial charge in [0.2, 0.25) is 0 Å². The average Bonchev–Trinajstić information content (AvgIpc) is 2.86. The van der Waals surface area contributed by atoms with Crippen LogP contribution in [0.3, 0.4) is 0 Å². The molecule has 0 aliphatic carbocycles. The zero-order chi connectivity index (χ0) is 14.9. The van der Waals surface area contributed by atoms with E-state index in [4.69, 9.17) is 14.2 Å². The van der Waals surface area contributed by atoms with Crippen LogP contribution in [-0.2, 0) is 14.9 Å². The highest BCUT2D eigenvalue weighted by Gasteiger charge is 2.42. The lowest BCUT2D eigenvalue weighted by atomic mass is 9.86. The van der Waals surface area contributed by atoms with Crippen molar-refractivity contribution in [2.75, 3.05) is 19.8 Å². The Hall–Kier alpha value is -1.06. The molecule has 2 saturated heterocycles. The van der Waals surface area contributed by atoms with E-state index in [1.807, 2.05) is 0 Å². The summed E-state index contributed by atoms with van der Waals surface area (Å²) in [6.45, 7) is 8.98. The topological polar surface area (TPSA) is 27.7 Å². The summed E-state index contributed by atoms with van der Waals surface area (Å²) in [5, 5.41) is 0. The van der Waals surface area contributed by atoms with Crippen LogP contribution in [0.15, 0.2) is 24.3 Å². The van der Waals surface area contributed by atoms with Gasteiger partial charge in [0.25, 0.3) is 0 Å². The number of para-hydroxylation sites is 1. The Kier molecular flexibility index (Phi) is 3.98. The van der Waals surface area contributed by atoms with Gasteiger partial charge in [0.05, 0.1) is 18.8 Å². The molecule has 3 heteroatoms. The molecule has 2 unspecified atom stereocenters. The molecular formula is C18H26O3. The van der Waals surface area contributed by atoms with E-state index in [1.54, 1.807) is 0 Å². The third-order valence-corrected chi connectivity index (χ3v) is 4.50. The molecule has 2 atom stereocenters. The van der Waals surface area contributed by atoms with Gasteiger partial charge in [-0.05, 0) is 17.0 Å². The van der Waals surface area contributed by atoms with Gasteiger partial charge in [-0.25, -0.2) is 0 Å². The van der Waals surface area contributed by atoms with E-state index < -0.39 is 0 Å².